The molecule has 0 atom stereocenters. The first-order valence-corrected chi connectivity index (χ1v) is 23.1. The van der Waals surface area contributed by atoms with Crippen molar-refractivity contribution < 1.29 is 13.2 Å². The summed E-state index contributed by atoms with van der Waals surface area (Å²) in [6.07, 6.45) is -4.64. The molecule has 0 aliphatic carbocycles. The Morgan fingerprint density at radius 2 is 0.643 bits per heavy atom. The third-order valence-electron chi connectivity index (χ3n) is 14.2. The van der Waals surface area contributed by atoms with Gasteiger partial charge in [-0.1, -0.05) is 127 Å². The third-order valence-corrected chi connectivity index (χ3v) is 14.2. The van der Waals surface area contributed by atoms with Gasteiger partial charge in [0.15, 0.2) is 0 Å². The summed E-state index contributed by atoms with van der Waals surface area (Å²) in [6, 6.07) is 74.1. The molecule has 4 heterocycles. The van der Waals surface area contributed by atoms with E-state index in [0.717, 1.165) is 105 Å². The minimum Gasteiger partial charge on any atom is -0.309 e. The van der Waals surface area contributed by atoms with Gasteiger partial charge >= 0.3 is 6.18 Å². The van der Waals surface area contributed by atoms with Gasteiger partial charge in [-0.15, -0.1) is 0 Å². The fourth-order valence-electron chi connectivity index (χ4n) is 11.3. The van der Waals surface area contributed by atoms with Gasteiger partial charge in [-0.3, -0.25) is 0 Å². The third kappa shape index (κ3) is 5.66. The van der Waals surface area contributed by atoms with Crippen LogP contribution in [0.3, 0.4) is 0 Å². The molecule has 5 nitrogen and oxygen atoms in total. The zero-order valence-corrected chi connectivity index (χ0v) is 37.2. The Balaban J connectivity index is 1.06. The highest BCUT2D eigenvalue weighted by Crippen LogP contribution is 2.45. The van der Waals surface area contributed by atoms with Crippen molar-refractivity contribution in [1.82, 2.24) is 18.3 Å². The Morgan fingerprint density at radius 3 is 1.01 bits per heavy atom. The SMILES string of the molecule is N#Cc1c(-n2c3ccccc3c3cc(-n4c5ccccc5c5ccccc54)ccc32)cc(-c2ccccc2C(F)(F)F)cc1-n1c2ccccc2c2cc(-n3c4ccccc4c4ccccc43)ccc21. The minimum absolute atomic E-state index is 0.0193. The van der Waals surface area contributed by atoms with Crippen LogP contribution in [0.1, 0.15) is 11.1 Å². The van der Waals surface area contributed by atoms with Crippen LogP contribution < -0.4 is 0 Å². The maximum atomic E-state index is 15.1. The summed E-state index contributed by atoms with van der Waals surface area (Å²) >= 11 is 0. The second-order valence-electron chi connectivity index (χ2n) is 17.9. The molecule has 330 valence electrons. The number of nitrogens with zero attached hydrogens (tertiary/aromatic N) is 5. The second kappa shape index (κ2) is 14.8. The van der Waals surface area contributed by atoms with Crippen molar-refractivity contribution >= 4 is 87.2 Å². The summed E-state index contributed by atoms with van der Waals surface area (Å²) in [5, 5.41) is 20.0. The zero-order chi connectivity index (χ0) is 46.8. The van der Waals surface area contributed by atoms with Crippen molar-refractivity contribution in [1.29, 1.82) is 5.26 Å². The highest BCUT2D eigenvalue weighted by molar-refractivity contribution is 6.14. The zero-order valence-electron chi connectivity index (χ0n) is 37.2. The lowest BCUT2D eigenvalue weighted by Crippen LogP contribution is -2.09. The largest absolute Gasteiger partial charge is 0.417 e. The number of halogens is 3. The Morgan fingerprint density at radius 1 is 0.329 bits per heavy atom. The molecule has 8 heteroatoms. The lowest BCUT2D eigenvalue weighted by atomic mass is 9.96. The summed E-state index contributed by atoms with van der Waals surface area (Å²) < 4.78 is 53.9. The van der Waals surface area contributed by atoms with Crippen LogP contribution in [0.15, 0.2) is 218 Å². The van der Waals surface area contributed by atoms with E-state index < -0.39 is 11.7 Å². The maximum Gasteiger partial charge on any atom is 0.417 e. The summed E-state index contributed by atoms with van der Waals surface area (Å²) in [4.78, 5) is 0. The number of fused-ring (bicyclic) bond motifs is 12. The van der Waals surface area contributed by atoms with Crippen molar-refractivity contribution in [3.05, 3.63) is 230 Å². The second-order valence-corrected chi connectivity index (χ2v) is 17.9. The van der Waals surface area contributed by atoms with Gasteiger partial charge in [-0.2, -0.15) is 18.4 Å². The van der Waals surface area contributed by atoms with Crippen LogP contribution in [-0.4, -0.2) is 18.3 Å². The molecule has 10 aromatic carbocycles. The molecular weight excluding hydrogens is 872 g/mol. The normalized spacial score (nSPS) is 12.2. The van der Waals surface area contributed by atoms with Gasteiger partial charge in [-0.25, -0.2) is 0 Å². The molecule has 0 bridgehead atoms. The van der Waals surface area contributed by atoms with E-state index >= 15 is 13.2 Å². The number of rotatable bonds is 5. The first-order valence-electron chi connectivity index (χ1n) is 23.1. The molecule has 14 aromatic rings. The highest BCUT2D eigenvalue weighted by Gasteiger charge is 2.34. The van der Waals surface area contributed by atoms with Gasteiger partial charge in [-0.05, 0) is 102 Å². The average Bonchev–Trinajstić information content (AvgIpc) is 4.13. The van der Waals surface area contributed by atoms with Crippen LogP contribution >= 0.6 is 0 Å². The Bertz CT molecular complexity index is 4190. The number of para-hydroxylation sites is 6. The van der Waals surface area contributed by atoms with Crippen LogP contribution in [0, 0.1) is 11.3 Å². The first kappa shape index (κ1) is 39.8. The predicted octanol–water partition coefficient (Wildman–Crippen LogP) is 16.6. The van der Waals surface area contributed by atoms with Crippen LogP contribution in [0.5, 0.6) is 0 Å². The van der Waals surface area contributed by atoms with E-state index in [1.165, 1.54) is 12.1 Å². The fraction of sp³-hybridized carbons (Fsp3) is 0.0161. The molecule has 0 fully saturated rings. The minimum atomic E-state index is -4.64. The Labute approximate surface area is 397 Å². The molecule has 0 saturated carbocycles. The molecule has 0 aliphatic rings. The van der Waals surface area contributed by atoms with Gasteiger partial charge < -0.3 is 18.3 Å². The van der Waals surface area contributed by atoms with Crippen molar-refractivity contribution in [2.75, 3.05) is 0 Å². The van der Waals surface area contributed by atoms with E-state index in [1.54, 1.807) is 18.2 Å². The van der Waals surface area contributed by atoms with Gasteiger partial charge in [0.05, 0.1) is 61.1 Å². The van der Waals surface area contributed by atoms with E-state index in [1.807, 2.05) is 36.4 Å². The number of alkyl halides is 3. The van der Waals surface area contributed by atoms with Gasteiger partial charge in [0, 0.05) is 54.5 Å². The van der Waals surface area contributed by atoms with Crippen molar-refractivity contribution in [2.24, 2.45) is 0 Å². The van der Waals surface area contributed by atoms with E-state index in [2.05, 4.69) is 170 Å². The summed E-state index contributed by atoms with van der Waals surface area (Å²) in [7, 11) is 0. The monoisotopic (exact) mass is 907 g/mol. The predicted molar refractivity (Wildman–Crippen MR) is 279 cm³/mol. The summed E-state index contributed by atoms with van der Waals surface area (Å²) in [5.41, 5.74) is 10.3. The molecule has 0 aliphatic heterocycles. The number of aromatic nitrogens is 4. The molecule has 0 unspecified atom stereocenters. The average molecular weight is 908 g/mol. The Hall–Kier alpha value is -9.32. The standard InChI is InChI=1S/C62H36F3N5/c63-62(64,65)51-22-8-1-15-41(51)38-33-60(69-56-27-13-6-20-46(56)48-35-39(29-31-58(48)69)67-52-23-9-2-16-42(52)43-17-3-10-24-53(43)67)50(37-66)61(34-38)70-57-28-14-7-21-47(57)49-36-40(30-32-59(49)70)68-54-25-11-4-18-44(54)45-19-5-12-26-55(45)68/h1-36H. The molecule has 14 rings (SSSR count). The molecule has 0 saturated heterocycles. The van der Waals surface area contributed by atoms with Gasteiger partial charge in [0.1, 0.15) is 11.6 Å². The lowest BCUT2D eigenvalue weighted by molar-refractivity contribution is -0.137. The van der Waals surface area contributed by atoms with E-state index in [-0.39, 0.29) is 5.56 Å². The highest BCUT2D eigenvalue weighted by atomic mass is 19.4. The molecule has 0 radical (unpaired) electrons. The van der Waals surface area contributed by atoms with E-state index in [4.69, 9.17) is 0 Å². The van der Waals surface area contributed by atoms with Gasteiger partial charge in [0.25, 0.3) is 0 Å². The molecule has 0 N–H and O–H groups in total. The molecule has 4 aromatic heterocycles. The summed E-state index contributed by atoms with van der Waals surface area (Å²) in [6.45, 7) is 0. The molecule has 70 heavy (non-hydrogen) atoms. The van der Waals surface area contributed by atoms with Crippen molar-refractivity contribution in [3.63, 3.8) is 0 Å². The fourth-order valence-corrected chi connectivity index (χ4v) is 11.3. The van der Waals surface area contributed by atoms with E-state index in [0.29, 0.717) is 22.5 Å². The quantitative estimate of drug-likeness (QED) is 0.170. The van der Waals surface area contributed by atoms with Crippen molar-refractivity contribution in [3.8, 4) is 39.9 Å². The smallest absolute Gasteiger partial charge is 0.309 e. The first-order chi connectivity index (χ1) is 34.4. The lowest BCUT2D eigenvalue weighted by Gasteiger charge is -2.20. The number of benzene rings is 10. The number of nitriles is 1. The van der Waals surface area contributed by atoms with Gasteiger partial charge in [0.2, 0.25) is 0 Å². The number of hydrogen-bond acceptors (Lipinski definition) is 1. The van der Waals surface area contributed by atoms with Crippen LogP contribution in [0.25, 0.3) is 121 Å². The maximum absolute atomic E-state index is 15.1. The molecule has 0 amide bonds. The Kier molecular flexibility index (Phi) is 8.44. The van der Waals surface area contributed by atoms with E-state index in [9.17, 15) is 5.26 Å². The van der Waals surface area contributed by atoms with Crippen LogP contribution in [-0.2, 0) is 6.18 Å². The van der Waals surface area contributed by atoms with Crippen LogP contribution in [0.4, 0.5) is 13.2 Å². The molecule has 0 spiro atoms. The topological polar surface area (TPSA) is 43.5 Å². The van der Waals surface area contributed by atoms with Crippen molar-refractivity contribution in [2.45, 2.75) is 6.18 Å². The number of hydrogen-bond donors (Lipinski definition) is 0. The molecular formula is C62H36F3N5. The summed E-state index contributed by atoms with van der Waals surface area (Å²) in [5.74, 6) is 0. The van der Waals surface area contributed by atoms with Crippen LogP contribution in [0.2, 0.25) is 0 Å².